The summed E-state index contributed by atoms with van der Waals surface area (Å²) >= 11 is 0. The van der Waals surface area contributed by atoms with E-state index in [1.807, 2.05) is 18.7 Å². The van der Waals surface area contributed by atoms with E-state index in [9.17, 15) is 13.2 Å². The maximum Gasteiger partial charge on any atom is 0.240 e. The summed E-state index contributed by atoms with van der Waals surface area (Å²) in [6, 6.07) is 5.31. The highest BCUT2D eigenvalue weighted by atomic mass is 32.2. The number of hydrogen-bond donors (Lipinski definition) is 1. The van der Waals surface area contributed by atoms with Crippen LogP contribution < -0.4 is 4.72 Å². The van der Waals surface area contributed by atoms with Crippen molar-refractivity contribution in [2.45, 2.75) is 57.4 Å². The predicted octanol–water partition coefficient (Wildman–Crippen LogP) is 2.37. The van der Waals surface area contributed by atoms with Gasteiger partial charge in [0.15, 0.2) is 0 Å². The molecule has 1 N–H and O–H groups in total. The SMILES string of the molecule is Cc1ccc(S(=O)(=O)NCCC(=O)N2CCCCC2C)cc1C. The van der Waals surface area contributed by atoms with Gasteiger partial charge in [-0.05, 0) is 63.3 Å². The fraction of sp³-hybridized carbons (Fsp3) is 0.588. The Morgan fingerprint density at radius 3 is 2.65 bits per heavy atom. The van der Waals surface area contributed by atoms with Gasteiger partial charge in [-0.3, -0.25) is 4.79 Å². The van der Waals surface area contributed by atoms with E-state index in [1.54, 1.807) is 18.2 Å². The van der Waals surface area contributed by atoms with Crippen LogP contribution in [-0.2, 0) is 14.8 Å². The number of rotatable bonds is 5. The number of sulfonamides is 1. The van der Waals surface area contributed by atoms with Gasteiger partial charge < -0.3 is 4.90 Å². The Morgan fingerprint density at radius 1 is 1.26 bits per heavy atom. The van der Waals surface area contributed by atoms with Gasteiger partial charge in [0.2, 0.25) is 15.9 Å². The molecular formula is C17H26N2O3S. The standard InChI is InChI=1S/C17H26N2O3S/c1-13-7-8-16(12-14(13)2)23(21,22)18-10-9-17(20)19-11-5-4-6-15(19)3/h7-8,12,15,18H,4-6,9-11H2,1-3H3. The van der Waals surface area contributed by atoms with E-state index >= 15 is 0 Å². The lowest BCUT2D eigenvalue weighted by Crippen LogP contribution is -2.43. The average molecular weight is 338 g/mol. The molecule has 1 aliphatic rings. The lowest BCUT2D eigenvalue weighted by Gasteiger charge is -2.33. The summed E-state index contributed by atoms with van der Waals surface area (Å²) in [4.78, 5) is 14.3. The van der Waals surface area contributed by atoms with Gasteiger partial charge in [-0.1, -0.05) is 6.07 Å². The zero-order valence-electron chi connectivity index (χ0n) is 14.1. The van der Waals surface area contributed by atoms with Gasteiger partial charge in [0.1, 0.15) is 0 Å². The molecule has 2 rings (SSSR count). The first-order chi connectivity index (χ1) is 10.8. The molecule has 0 aromatic heterocycles. The third-order valence-corrected chi connectivity index (χ3v) is 6.00. The molecule has 0 spiro atoms. The van der Waals surface area contributed by atoms with Crippen molar-refractivity contribution in [2.24, 2.45) is 0 Å². The van der Waals surface area contributed by atoms with Crippen molar-refractivity contribution in [3.8, 4) is 0 Å². The number of carbonyl (C=O) groups excluding carboxylic acids is 1. The summed E-state index contributed by atoms with van der Waals surface area (Å²) in [5.41, 5.74) is 1.99. The molecule has 1 saturated heterocycles. The smallest absolute Gasteiger partial charge is 0.240 e. The maximum atomic E-state index is 12.3. The molecular weight excluding hydrogens is 312 g/mol. The molecule has 0 bridgehead atoms. The van der Waals surface area contributed by atoms with Crippen molar-refractivity contribution < 1.29 is 13.2 Å². The van der Waals surface area contributed by atoms with Crippen LogP contribution in [0, 0.1) is 13.8 Å². The summed E-state index contributed by atoms with van der Waals surface area (Å²) in [6.07, 6.45) is 3.42. The van der Waals surface area contributed by atoms with Crippen molar-refractivity contribution in [2.75, 3.05) is 13.1 Å². The minimum Gasteiger partial charge on any atom is -0.340 e. The Morgan fingerprint density at radius 2 is 2.00 bits per heavy atom. The van der Waals surface area contributed by atoms with Gasteiger partial charge in [-0.15, -0.1) is 0 Å². The molecule has 1 unspecified atom stereocenters. The normalized spacial score (nSPS) is 18.9. The van der Waals surface area contributed by atoms with E-state index < -0.39 is 10.0 Å². The largest absolute Gasteiger partial charge is 0.340 e. The molecule has 128 valence electrons. The molecule has 1 aromatic carbocycles. The van der Waals surface area contributed by atoms with Crippen LogP contribution in [0.3, 0.4) is 0 Å². The molecule has 6 heteroatoms. The van der Waals surface area contributed by atoms with Crippen LogP contribution in [0.15, 0.2) is 23.1 Å². The minimum atomic E-state index is -3.56. The molecule has 1 aromatic rings. The van der Waals surface area contributed by atoms with Crippen molar-refractivity contribution in [1.29, 1.82) is 0 Å². The Balaban J connectivity index is 1.91. The molecule has 1 heterocycles. The zero-order chi connectivity index (χ0) is 17.0. The molecule has 1 aliphatic heterocycles. The summed E-state index contributed by atoms with van der Waals surface area (Å²) in [6.45, 7) is 6.80. The van der Waals surface area contributed by atoms with Crippen LogP contribution in [0.1, 0.15) is 43.7 Å². The summed E-state index contributed by atoms with van der Waals surface area (Å²) < 4.78 is 27.1. The number of carbonyl (C=O) groups is 1. The first-order valence-electron chi connectivity index (χ1n) is 8.17. The Hall–Kier alpha value is -1.40. The van der Waals surface area contributed by atoms with Gasteiger partial charge in [-0.25, -0.2) is 13.1 Å². The molecule has 1 atom stereocenters. The highest BCUT2D eigenvalue weighted by Gasteiger charge is 2.23. The van der Waals surface area contributed by atoms with E-state index in [0.29, 0.717) is 0 Å². The van der Waals surface area contributed by atoms with Gasteiger partial charge in [0, 0.05) is 25.6 Å². The van der Waals surface area contributed by atoms with Crippen LogP contribution in [0.4, 0.5) is 0 Å². The monoisotopic (exact) mass is 338 g/mol. The molecule has 0 saturated carbocycles. The Kier molecular flexibility index (Phi) is 5.81. The highest BCUT2D eigenvalue weighted by Crippen LogP contribution is 2.17. The number of amides is 1. The lowest BCUT2D eigenvalue weighted by molar-refractivity contribution is -0.134. The molecule has 0 aliphatic carbocycles. The van der Waals surface area contributed by atoms with Gasteiger partial charge >= 0.3 is 0 Å². The predicted molar refractivity (Wildman–Crippen MR) is 90.7 cm³/mol. The minimum absolute atomic E-state index is 0.0278. The fourth-order valence-electron chi connectivity index (χ4n) is 2.87. The zero-order valence-corrected chi connectivity index (χ0v) is 14.9. The number of piperidine rings is 1. The van der Waals surface area contributed by atoms with Crippen LogP contribution in [0.25, 0.3) is 0 Å². The van der Waals surface area contributed by atoms with E-state index in [1.165, 1.54) is 0 Å². The average Bonchev–Trinajstić information content (AvgIpc) is 2.50. The van der Waals surface area contributed by atoms with Crippen LogP contribution in [0.2, 0.25) is 0 Å². The van der Waals surface area contributed by atoms with E-state index in [-0.39, 0.29) is 29.8 Å². The third-order valence-electron chi connectivity index (χ3n) is 4.54. The number of nitrogens with one attached hydrogen (secondary N) is 1. The van der Waals surface area contributed by atoms with Crippen molar-refractivity contribution in [3.63, 3.8) is 0 Å². The molecule has 1 fully saturated rings. The number of hydrogen-bond acceptors (Lipinski definition) is 3. The van der Waals surface area contributed by atoms with Crippen LogP contribution in [0.5, 0.6) is 0 Å². The van der Waals surface area contributed by atoms with Gasteiger partial charge in [-0.2, -0.15) is 0 Å². The van der Waals surface area contributed by atoms with Crippen LogP contribution >= 0.6 is 0 Å². The number of likely N-dealkylation sites (tertiary alicyclic amines) is 1. The fourth-order valence-corrected chi connectivity index (χ4v) is 3.99. The van der Waals surface area contributed by atoms with Gasteiger partial charge in [0.05, 0.1) is 4.90 Å². The van der Waals surface area contributed by atoms with Crippen molar-refractivity contribution >= 4 is 15.9 Å². The third kappa shape index (κ3) is 4.54. The van der Waals surface area contributed by atoms with Crippen molar-refractivity contribution in [1.82, 2.24) is 9.62 Å². The topological polar surface area (TPSA) is 66.5 Å². The molecule has 0 radical (unpaired) electrons. The number of aryl methyl sites for hydroxylation is 2. The summed E-state index contributed by atoms with van der Waals surface area (Å²) in [7, 11) is -3.56. The quantitative estimate of drug-likeness (QED) is 0.896. The highest BCUT2D eigenvalue weighted by molar-refractivity contribution is 7.89. The summed E-state index contributed by atoms with van der Waals surface area (Å²) in [5.74, 6) is 0.0278. The number of nitrogens with zero attached hydrogens (tertiary/aromatic N) is 1. The lowest BCUT2D eigenvalue weighted by atomic mass is 10.0. The molecule has 1 amide bonds. The Labute approximate surface area is 139 Å². The Bertz CT molecular complexity index is 670. The molecule has 23 heavy (non-hydrogen) atoms. The van der Waals surface area contributed by atoms with E-state index in [4.69, 9.17) is 0 Å². The number of benzene rings is 1. The second-order valence-electron chi connectivity index (χ2n) is 6.33. The first kappa shape index (κ1) is 17.9. The second kappa shape index (κ2) is 7.45. The molecule has 5 nitrogen and oxygen atoms in total. The maximum absolute atomic E-state index is 12.3. The second-order valence-corrected chi connectivity index (χ2v) is 8.09. The van der Waals surface area contributed by atoms with E-state index in [2.05, 4.69) is 11.6 Å². The summed E-state index contributed by atoms with van der Waals surface area (Å²) in [5, 5.41) is 0. The van der Waals surface area contributed by atoms with E-state index in [0.717, 1.165) is 36.9 Å². The van der Waals surface area contributed by atoms with Crippen LogP contribution in [-0.4, -0.2) is 38.4 Å². The van der Waals surface area contributed by atoms with Gasteiger partial charge in [0.25, 0.3) is 0 Å². The first-order valence-corrected chi connectivity index (χ1v) is 9.66. The van der Waals surface area contributed by atoms with Crippen molar-refractivity contribution in [3.05, 3.63) is 29.3 Å².